The molecule has 1 radical (unpaired) electrons. The van der Waals surface area contributed by atoms with Crippen LogP contribution in [0.5, 0.6) is 0 Å². The quantitative estimate of drug-likeness (QED) is 0.666. The third kappa shape index (κ3) is 2.63. The zero-order valence-corrected chi connectivity index (χ0v) is 9.77. The molecule has 9 heavy (non-hydrogen) atoms. The Kier molecular flexibility index (Phi) is 5.34. The summed E-state index contributed by atoms with van der Waals surface area (Å²) in [6, 6.07) is -0.435. The Balaban J connectivity index is 0.000000640. The molecule has 0 aromatic heterocycles. The molecule has 3 nitrogen and oxygen atoms in total. The number of aldehydes is 1. The van der Waals surface area contributed by atoms with Crippen LogP contribution in [0.15, 0.2) is 0 Å². The number of carbonyl (C=O) groups excluding carboxylic acids is 1. The van der Waals surface area contributed by atoms with Gasteiger partial charge in [-0.1, -0.05) is 6.04 Å². The van der Waals surface area contributed by atoms with Crippen LogP contribution in [0.2, 0.25) is 0 Å². The van der Waals surface area contributed by atoms with Crippen LogP contribution in [0.25, 0.3) is 5.32 Å². The summed E-state index contributed by atoms with van der Waals surface area (Å²) in [6.45, 7) is 0.630. The van der Waals surface area contributed by atoms with Crippen molar-refractivity contribution in [2.24, 2.45) is 0 Å². The number of carbonyl (C=O) groups is 1. The van der Waals surface area contributed by atoms with Gasteiger partial charge in [-0.3, -0.25) is 0 Å². The first kappa shape index (κ1) is 10.0. The summed E-state index contributed by atoms with van der Waals surface area (Å²) in [7, 11) is 0. The van der Waals surface area contributed by atoms with Crippen LogP contribution in [0.1, 0.15) is 6.42 Å². The molecule has 1 N–H and O–H groups in total. The molecule has 1 rings (SSSR count). The van der Waals surface area contributed by atoms with Crippen LogP contribution < -0.4 is 0 Å². The summed E-state index contributed by atoms with van der Waals surface area (Å²) in [4.78, 5) is 9.96. The molecular weight excluding hydrogens is 333 g/mol. The maximum Gasteiger partial charge on any atom is 0.105 e. The summed E-state index contributed by atoms with van der Waals surface area (Å²) >= 11 is 0. The second kappa shape index (κ2) is 4.79. The Labute approximate surface area is 89.8 Å². The normalized spacial score (nSPS) is 33.4. The number of aliphatic hydroxyl groups is 1. The van der Waals surface area contributed by atoms with E-state index in [2.05, 4.69) is 5.32 Å². The van der Waals surface area contributed by atoms with Crippen molar-refractivity contribution >= 4 is 6.29 Å². The van der Waals surface area contributed by atoms with Crippen LogP contribution in [-0.2, 0) is 4.79 Å². The fourth-order valence-electron chi connectivity index (χ4n) is 0.782. The molecule has 0 amide bonds. The molecule has 0 aromatic carbocycles. The predicted molar refractivity (Wildman–Crippen MR) is 28.7 cm³/mol. The maximum atomic E-state index is 9.96. The number of hydrogen-bond donors (Lipinski definition) is 1. The number of hydrogen-bond acceptors (Lipinski definition) is 2. The smallest absolute Gasteiger partial charge is 0.105 e. The second-order valence-electron chi connectivity index (χ2n) is 1.89. The summed E-state index contributed by atoms with van der Waals surface area (Å²) in [5.74, 6) is 0. The van der Waals surface area contributed by atoms with Crippen molar-refractivity contribution in [2.45, 2.75) is 18.6 Å². The molecule has 0 aromatic rings. The first-order chi connectivity index (χ1) is 3.84. The van der Waals surface area contributed by atoms with Crippen molar-refractivity contribution in [3.05, 3.63) is 5.32 Å². The van der Waals surface area contributed by atoms with Crippen LogP contribution >= 0.6 is 0 Å². The van der Waals surface area contributed by atoms with Gasteiger partial charge in [-0.05, 0) is 6.42 Å². The topological polar surface area (TPSA) is 51.4 Å². The number of aliphatic hydroxyl groups excluding tert-OH is 1. The maximum absolute atomic E-state index is 9.96. The largest absolute Gasteiger partial charge is 0.651 e. The van der Waals surface area contributed by atoms with Crippen LogP contribution in [0, 0.1) is 44.1 Å². The van der Waals surface area contributed by atoms with Crippen LogP contribution in [0.3, 0.4) is 0 Å². The zero-order valence-electron chi connectivity index (χ0n) is 5.03. The number of nitrogens with zero attached hydrogens (tertiary/aromatic N) is 1. The molecule has 4 heteroatoms. The van der Waals surface area contributed by atoms with Gasteiger partial charge < -0.3 is 15.2 Å². The molecule has 2 atom stereocenters. The summed E-state index contributed by atoms with van der Waals surface area (Å²) < 4.78 is 0. The van der Waals surface area contributed by atoms with Gasteiger partial charge >= 0.3 is 0 Å². The van der Waals surface area contributed by atoms with Gasteiger partial charge in [0.25, 0.3) is 0 Å². The van der Waals surface area contributed by atoms with Gasteiger partial charge in [-0.2, -0.15) is 0 Å². The van der Waals surface area contributed by atoms with Crippen LogP contribution in [0.4, 0.5) is 0 Å². The molecule has 0 aliphatic carbocycles. The van der Waals surface area contributed by atoms with Crippen molar-refractivity contribution in [2.75, 3.05) is 6.54 Å². The fourth-order valence-corrected chi connectivity index (χ4v) is 0.782. The van der Waals surface area contributed by atoms with Gasteiger partial charge in [-0.15, -0.1) is 6.54 Å². The van der Waals surface area contributed by atoms with E-state index in [0.29, 0.717) is 19.3 Å². The van der Waals surface area contributed by atoms with Gasteiger partial charge in [0.15, 0.2) is 0 Å². The minimum absolute atomic E-state index is 0. The first-order valence-electron chi connectivity index (χ1n) is 2.64. The van der Waals surface area contributed by atoms with E-state index in [1.165, 1.54) is 0 Å². The fraction of sp³-hybridized carbons (Fsp3) is 0.800. The Hall–Kier alpha value is 1.03. The SMILES string of the molecule is O=C[C@H]1[N-]CCC1O.[Ac]. The molecule has 1 heterocycles. The average molecular weight is 341 g/mol. The van der Waals surface area contributed by atoms with Crippen molar-refractivity contribution in [1.29, 1.82) is 0 Å². The molecule has 1 aliphatic rings. The monoisotopic (exact) mass is 341 g/mol. The van der Waals surface area contributed by atoms with E-state index in [0.717, 1.165) is 0 Å². The molecular formula is C5H8AcNO2-. The van der Waals surface area contributed by atoms with Crippen molar-refractivity contribution < 1.29 is 54.0 Å². The Bertz CT molecular complexity index is 99.0. The molecule has 49 valence electrons. The Morgan fingerprint density at radius 1 is 1.67 bits per heavy atom. The van der Waals surface area contributed by atoms with E-state index in [4.69, 9.17) is 5.11 Å². The molecule has 1 unspecified atom stereocenters. The van der Waals surface area contributed by atoms with E-state index in [1.54, 1.807) is 0 Å². The van der Waals surface area contributed by atoms with Gasteiger partial charge in [0.05, 0.1) is 0 Å². The number of rotatable bonds is 1. The van der Waals surface area contributed by atoms with Gasteiger partial charge in [-0.25, -0.2) is 0 Å². The minimum atomic E-state index is -0.507. The summed E-state index contributed by atoms with van der Waals surface area (Å²) in [6.07, 6.45) is 0.827. The van der Waals surface area contributed by atoms with E-state index < -0.39 is 12.1 Å². The molecule has 1 saturated heterocycles. The van der Waals surface area contributed by atoms with E-state index in [9.17, 15) is 4.79 Å². The van der Waals surface area contributed by atoms with Crippen molar-refractivity contribution in [3.63, 3.8) is 0 Å². The van der Waals surface area contributed by atoms with E-state index in [1.807, 2.05) is 0 Å². The van der Waals surface area contributed by atoms with E-state index >= 15 is 0 Å². The minimum Gasteiger partial charge on any atom is -0.651 e. The molecule has 0 saturated carbocycles. The van der Waals surface area contributed by atoms with Crippen molar-refractivity contribution in [1.82, 2.24) is 0 Å². The molecule has 0 bridgehead atoms. The average Bonchev–Trinajstić information content (AvgIpc) is 2.14. The molecule has 0 spiro atoms. The molecule has 1 aliphatic heterocycles. The first-order valence-corrected chi connectivity index (χ1v) is 2.64. The second-order valence-corrected chi connectivity index (χ2v) is 1.89. The summed E-state index contributed by atoms with van der Waals surface area (Å²) in [5, 5.41) is 12.7. The third-order valence-corrected chi connectivity index (χ3v) is 1.30. The van der Waals surface area contributed by atoms with Crippen molar-refractivity contribution in [3.8, 4) is 0 Å². The van der Waals surface area contributed by atoms with E-state index in [-0.39, 0.29) is 44.1 Å². The third-order valence-electron chi connectivity index (χ3n) is 1.30. The zero-order chi connectivity index (χ0) is 5.98. The Morgan fingerprint density at radius 2 is 2.33 bits per heavy atom. The van der Waals surface area contributed by atoms with Gasteiger partial charge in [0, 0.05) is 50.2 Å². The van der Waals surface area contributed by atoms with Gasteiger partial charge in [0.1, 0.15) is 6.29 Å². The van der Waals surface area contributed by atoms with Crippen LogP contribution in [-0.4, -0.2) is 30.1 Å². The van der Waals surface area contributed by atoms with Gasteiger partial charge in [0.2, 0.25) is 0 Å². The standard InChI is InChI=1S/C5H8NO2.Ac/c7-3-4-5(8)1-2-6-4;/h3-5,8H,1-2H2;/q-1;/t4-,5?;/m1./s1. The summed E-state index contributed by atoms with van der Waals surface area (Å²) in [5.41, 5.74) is 0. The Morgan fingerprint density at radius 3 is 2.56 bits per heavy atom. The predicted octanol–water partition coefficient (Wildman–Crippen LogP) is -0.308. The molecule has 1 fully saturated rings.